The van der Waals surface area contributed by atoms with Gasteiger partial charge in [0.1, 0.15) is 5.82 Å². The highest BCUT2D eigenvalue weighted by atomic mass is 15.1. The third kappa shape index (κ3) is 3.69. The van der Waals surface area contributed by atoms with Gasteiger partial charge in [-0.15, -0.1) is 0 Å². The van der Waals surface area contributed by atoms with Crippen LogP contribution in [0.2, 0.25) is 0 Å². The Balaban J connectivity index is 1.56. The summed E-state index contributed by atoms with van der Waals surface area (Å²) in [5, 5.41) is -0.151. The van der Waals surface area contributed by atoms with E-state index in [9.17, 15) is 4.11 Å². The van der Waals surface area contributed by atoms with Gasteiger partial charge >= 0.3 is 0 Å². The molecule has 0 N–H and O–H groups in total. The number of aromatic nitrogens is 5. The molecule has 0 radical (unpaired) electrons. The molecule has 5 heteroatoms. The Morgan fingerprint density at radius 2 is 1.23 bits per heavy atom. The molecule has 9 aromatic rings. The summed E-state index contributed by atoms with van der Waals surface area (Å²) in [4.78, 5) is 13.8. The van der Waals surface area contributed by atoms with Gasteiger partial charge in [-0.2, -0.15) is 0 Å². The summed E-state index contributed by atoms with van der Waals surface area (Å²) in [6.07, 6.45) is 1.55. The zero-order valence-electron chi connectivity index (χ0n) is 40.3. The van der Waals surface area contributed by atoms with Gasteiger partial charge in [-0.25, -0.2) is 9.97 Å². The van der Waals surface area contributed by atoms with E-state index in [1.807, 2.05) is 0 Å². The van der Waals surface area contributed by atoms with Gasteiger partial charge in [0.25, 0.3) is 0 Å². The van der Waals surface area contributed by atoms with E-state index in [1.54, 1.807) is 42.6 Å². The average Bonchev–Trinajstić information content (AvgIpc) is 3.80. The summed E-state index contributed by atoms with van der Waals surface area (Å²) in [7, 11) is 0. The number of pyridine rings is 1. The zero-order chi connectivity index (χ0) is 44.7. The minimum atomic E-state index is -0.839. The molecule has 4 heterocycles. The largest absolute Gasteiger partial charge is 0.307 e. The maximum Gasteiger partial charge on any atom is 0.164 e. The number of fused-ring (bicyclic) bond motifs is 6. The third-order valence-corrected chi connectivity index (χ3v) is 7.18. The summed E-state index contributed by atoms with van der Waals surface area (Å²) in [6, 6.07) is -3.35. The fourth-order valence-corrected chi connectivity index (χ4v) is 5.39. The van der Waals surface area contributed by atoms with Gasteiger partial charge in [0.05, 0.1) is 63.6 Å². The predicted octanol–water partition coefficient (Wildman–Crippen LogP) is 9.40. The second kappa shape index (κ2) is 9.75. The van der Waals surface area contributed by atoms with Crippen molar-refractivity contribution in [2.45, 2.75) is 0 Å². The molecule has 0 bridgehead atoms. The van der Waals surface area contributed by atoms with Crippen LogP contribution in [0.1, 0.15) is 24.7 Å². The number of benzene rings is 5. The molecule has 9 rings (SSSR count). The van der Waals surface area contributed by atoms with E-state index in [2.05, 4.69) is 15.0 Å². The number of hydrogen-bond acceptors (Lipinski definition) is 3. The monoisotopic (exact) mass is 581 g/mol. The molecule has 44 heavy (non-hydrogen) atoms. The normalized spacial score (nSPS) is 17.4. The number of para-hydroxylation sites is 4. The molecule has 4 aromatic heterocycles. The van der Waals surface area contributed by atoms with Crippen LogP contribution in [-0.4, -0.2) is 24.1 Å². The van der Waals surface area contributed by atoms with Gasteiger partial charge in [-0.3, -0.25) is 9.55 Å². The molecule has 0 saturated heterocycles. The molecule has 0 spiro atoms. The highest BCUT2D eigenvalue weighted by Crippen LogP contribution is 2.37. The molecule has 0 amide bonds. The molecule has 0 unspecified atom stereocenters. The Labute approximate surface area is 278 Å². The Hall–Kier alpha value is -6.07. The lowest BCUT2D eigenvalue weighted by Crippen LogP contribution is -2.04. The van der Waals surface area contributed by atoms with Crippen LogP contribution in [0.3, 0.4) is 0 Å². The Morgan fingerprint density at radius 1 is 0.545 bits per heavy atom. The van der Waals surface area contributed by atoms with Gasteiger partial charge < -0.3 is 4.57 Å². The van der Waals surface area contributed by atoms with E-state index in [1.165, 1.54) is 4.57 Å². The van der Waals surface area contributed by atoms with Gasteiger partial charge in [0, 0.05) is 39.5 Å². The van der Waals surface area contributed by atoms with Crippen molar-refractivity contribution >= 4 is 43.7 Å². The van der Waals surface area contributed by atoms with Gasteiger partial charge in [0.2, 0.25) is 0 Å². The van der Waals surface area contributed by atoms with E-state index >= 15 is 0 Å². The summed E-state index contributed by atoms with van der Waals surface area (Å²) in [6.45, 7) is 0. The minimum absolute atomic E-state index is 0.225. The lowest BCUT2D eigenvalue weighted by Gasteiger charge is -2.15. The van der Waals surface area contributed by atoms with E-state index in [-0.39, 0.29) is 16.5 Å². The molecular weight excluding hydrogens is 538 g/mol. The Morgan fingerprint density at radius 3 is 2.05 bits per heavy atom. The van der Waals surface area contributed by atoms with E-state index < -0.39 is 148 Å². The molecule has 206 valence electrons. The lowest BCUT2D eigenvalue weighted by molar-refractivity contribution is 1.04. The molecule has 0 aliphatic rings. The van der Waals surface area contributed by atoms with Crippen molar-refractivity contribution in [3.05, 3.63) is 151 Å². The SMILES string of the molecule is [2H]c1c(-c2c([2H])c([2H])c([2H])c([2H])c2[2H])nc(-c2c([2H])c([2H])c([2H])c([2H])c2-n2c3ccccc3c3ncccc32)nc1-n1c2c([2H])c([2H])c([2H])c([2H])c2c2c([2H])c([2H])c([2H])c([2H])c21. The van der Waals surface area contributed by atoms with Crippen LogP contribution >= 0.6 is 0 Å². The van der Waals surface area contributed by atoms with Crippen LogP contribution in [0.15, 0.2) is 151 Å². The van der Waals surface area contributed by atoms with E-state index in [4.69, 9.17) is 20.6 Å². The molecule has 0 atom stereocenters. The Bertz CT molecular complexity index is 3370. The van der Waals surface area contributed by atoms with Gasteiger partial charge in [0.15, 0.2) is 5.82 Å². The summed E-state index contributed by atoms with van der Waals surface area (Å²) in [5.74, 6) is -1.31. The number of nitrogens with zero attached hydrogens (tertiary/aromatic N) is 5. The molecule has 0 aliphatic carbocycles. The first kappa shape index (κ1) is 12.7. The topological polar surface area (TPSA) is 48.5 Å². The molecular formula is C39H25N5. The highest BCUT2D eigenvalue weighted by molar-refractivity contribution is 6.09. The van der Waals surface area contributed by atoms with Crippen molar-refractivity contribution in [1.29, 1.82) is 0 Å². The van der Waals surface area contributed by atoms with Gasteiger partial charge in [-0.05, 0) is 42.4 Å². The first-order chi connectivity index (χ1) is 29.3. The predicted molar refractivity (Wildman–Crippen MR) is 179 cm³/mol. The van der Waals surface area contributed by atoms with Crippen LogP contribution in [0.4, 0.5) is 0 Å². The summed E-state index contributed by atoms with van der Waals surface area (Å²) < 4.78 is 161. The standard InChI is InChI=1S/C39H25N5/c1-2-13-26(14-3-1)31-25-37(44-32-19-8-4-15-27(32)28-16-5-9-20-33(28)44)42-39(41-31)30-18-7-11-22-35(30)43-34-21-10-6-17-29(34)38-36(43)23-12-24-40-38/h1-25H/i1D,2D,3D,4D,5D,7D,8D,9D,11D,13D,14D,15D,16D,18D,19D,20D,22D,25D. The molecule has 5 aromatic carbocycles. The summed E-state index contributed by atoms with van der Waals surface area (Å²) in [5.41, 5.74) is -1.61. The number of hydrogen-bond donors (Lipinski definition) is 0. The van der Waals surface area contributed by atoms with Crippen molar-refractivity contribution < 1.29 is 24.7 Å². The van der Waals surface area contributed by atoms with E-state index in [0.717, 1.165) is 4.57 Å². The number of rotatable bonds is 4. The zero-order valence-corrected chi connectivity index (χ0v) is 22.3. The fraction of sp³-hybridized carbons (Fsp3) is 0. The summed E-state index contributed by atoms with van der Waals surface area (Å²) >= 11 is 0. The van der Waals surface area contributed by atoms with Gasteiger partial charge in [-0.1, -0.05) is 96.8 Å². The highest BCUT2D eigenvalue weighted by Gasteiger charge is 2.20. The second-order valence-electron chi connectivity index (χ2n) is 9.57. The van der Waals surface area contributed by atoms with E-state index in [0.29, 0.717) is 21.9 Å². The quantitative estimate of drug-likeness (QED) is 0.208. The molecule has 5 nitrogen and oxygen atoms in total. The maximum absolute atomic E-state index is 9.65. The Kier molecular flexibility index (Phi) is 2.80. The van der Waals surface area contributed by atoms with Crippen LogP contribution in [0.25, 0.3) is 77.9 Å². The van der Waals surface area contributed by atoms with Crippen molar-refractivity contribution in [1.82, 2.24) is 24.1 Å². The van der Waals surface area contributed by atoms with Crippen LogP contribution in [0, 0.1) is 0 Å². The van der Waals surface area contributed by atoms with Crippen molar-refractivity contribution in [3.8, 4) is 34.2 Å². The van der Waals surface area contributed by atoms with Crippen molar-refractivity contribution in [3.63, 3.8) is 0 Å². The van der Waals surface area contributed by atoms with Crippen molar-refractivity contribution in [2.24, 2.45) is 0 Å². The third-order valence-electron chi connectivity index (χ3n) is 7.18. The first-order valence-electron chi connectivity index (χ1n) is 22.3. The molecule has 0 aliphatic heterocycles. The van der Waals surface area contributed by atoms with Crippen LogP contribution in [0.5, 0.6) is 0 Å². The van der Waals surface area contributed by atoms with Crippen molar-refractivity contribution in [2.75, 3.05) is 0 Å². The average molecular weight is 582 g/mol. The first-order valence-corrected chi connectivity index (χ1v) is 13.3. The molecule has 0 fully saturated rings. The minimum Gasteiger partial charge on any atom is -0.307 e. The van der Waals surface area contributed by atoms with Crippen LogP contribution < -0.4 is 0 Å². The molecule has 0 saturated carbocycles. The second-order valence-corrected chi connectivity index (χ2v) is 9.57. The maximum atomic E-state index is 9.65. The lowest BCUT2D eigenvalue weighted by atomic mass is 10.1. The van der Waals surface area contributed by atoms with Crippen LogP contribution in [-0.2, 0) is 0 Å². The smallest absolute Gasteiger partial charge is 0.164 e. The fourth-order valence-electron chi connectivity index (χ4n) is 5.39.